The second-order valence-corrected chi connectivity index (χ2v) is 7.52. The van der Waals surface area contributed by atoms with Gasteiger partial charge in [0.05, 0.1) is 14.2 Å². The number of hydrogen-bond acceptors (Lipinski definition) is 4. The molecule has 144 valence electrons. The summed E-state index contributed by atoms with van der Waals surface area (Å²) >= 11 is 0. The molecular weight excluding hydrogens is 330 g/mol. The van der Waals surface area contributed by atoms with E-state index < -0.39 is 0 Å². The second kappa shape index (κ2) is 8.76. The average molecular weight is 361 g/mol. The van der Waals surface area contributed by atoms with E-state index in [-0.39, 0.29) is 17.2 Å². The van der Waals surface area contributed by atoms with E-state index >= 15 is 0 Å². The Labute approximate surface area is 156 Å². The summed E-state index contributed by atoms with van der Waals surface area (Å²) in [5.74, 6) is 1.86. The second-order valence-electron chi connectivity index (χ2n) is 7.52. The lowest BCUT2D eigenvalue weighted by molar-refractivity contribution is -0.126. The van der Waals surface area contributed by atoms with E-state index in [4.69, 9.17) is 14.2 Å². The molecule has 0 atom stereocenters. The molecule has 1 saturated carbocycles. The van der Waals surface area contributed by atoms with Gasteiger partial charge in [-0.2, -0.15) is 0 Å². The maximum atomic E-state index is 12.7. The van der Waals surface area contributed by atoms with Crippen molar-refractivity contribution in [3.8, 4) is 11.5 Å². The van der Waals surface area contributed by atoms with Crippen LogP contribution in [-0.2, 0) is 14.9 Å². The van der Waals surface area contributed by atoms with Gasteiger partial charge in [0.1, 0.15) is 0 Å². The normalized spacial score (nSPS) is 20.4. The molecule has 1 saturated heterocycles. The number of benzene rings is 1. The van der Waals surface area contributed by atoms with Gasteiger partial charge in [0.2, 0.25) is 5.91 Å². The molecule has 1 aliphatic heterocycles. The fourth-order valence-corrected chi connectivity index (χ4v) is 4.26. The van der Waals surface area contributed by atoms with Crippen molar-refractivity contribution in [1.82, 2.24) is 5.32 Å². The molecular formula is C21H31NO4. The van der Waals surface area contributed by atoms with Crippen molar-refractivity contribution in [2.45, 2.75) is 50.4 Å². The number of methoxy groups -OCH3 is 2. The zero-order chi connectivity index (χ0) is 18.4. The summed E-state index contributed by atoms with van der Waals surface area (Å²) in [6, 6.07) is 6.10. The summed E-state index contributed by atoms with van der Waals surface area (Å²) in [5, 5.41) is 3.26. The van der Waals surface area contributed by atoms with Crippen LogP contribution >= 0.6 is 0 Å². The number of rotatable bonds is 6. The first kappa shape index (κ1) is 19.0. The molecule has 5 nitrogen and oxygen atoms in total. The molecule has 5 heteroatoms. The molecule has 1 aliphatic carbocycles. The smallest absolute Gasteiger partial charge is 0.223 e. The Balaban J connectivity index is 1.77. The van der Waals surface area contributed by atoms with Crippen molar-refractivity contribution in [1.29, 1.82) is 0 Å². The lowest BCUT2D eigenvalue weighted by Gasteiger charge is -2.38. The zero-order valence-electron chi connectivity index (χ0n) is 16.0. The standard InChI is InChI=1S/C21H31NO4/c1-24-18-9-8-17(14-19(18)25-2)21(10-12-26-13-11-21)15-22-20(23)16-6-4-3-5-7-16/h8-9,14,16H,3-7,10-13,15H2,1-2H3,(H,22,23). The zero-order valence-corrected chi connectivity index (χ0v) is 16.0. The highest BCUT2D eigenvalue weighted by Crippen LogP contribution is 2.39. The Hall–Kier alpha value is -1.75. The Morgan fingerprint density at radius 3 is 2.46 bits per heavy atom. The summed E-state index contributed by atoms with van der Waals surface area (Å²) in [5.41, 5.74) is 1.07. The third kappa shape index (κ3) is 4.14. The van der Waals surface area contributed by atoms with Crippen LogP contribution in [0.4, 0.5) is 0 Å². The molecule has 1 N–H and O–H groups in total. The van der Waals surface area contributed by atoms with E-state index in [1.54, 1.807) is 14.2 Å². The van der Waals surface area contributed by atoms with Crippen LogP contribution in [0.3, 0.4) is 0 Å². The maximum absolute atomic E-state index is 12.7. The molecule has 0 unspecified atom stereocenters. The Morgan fingerprint density at radius 1 is 1.12 bits per heavy atom. The predicted octanol–water partition coefficient (Wildman–Crippen LogP) is 3.45. The van der Waals surface area contributed by atoms with Crippen LogP contribution in [0.2, 0.25) is 0 Å². The maximum Gasteiger partial charge on any atom is 0.223 e. The van der Waals surface area contributed by atoms with Crippen LogP contribution in [-0.4, -0.2) is 39.9 Å². The molecule has 1 aromatic rings. The van der Waals surface area contributed by atoms with Gasteiger partial charge in [0.25, 0.3) is 0 Å². The highest BCUT2D eigenvalue weighted by atomic mass is 16.5. The summed E-state index contributed by atoms with van der Waals surface area (Å²) in [6.45, 7) is 2.09. The van der Waals surface area contributed by atoms with Gasteiger partial charge < -0.3 is 19.5 Å². The Kier molecular flexibility index (Phi) is 6.41. The van der Waals surface area contributed by atoms with Crippen molar-refractivity contribution in [2.75, 3.05) is 34.0 Å². The first-order valence-corrected chi connectivity index (χ1v) is 9.76. The quantitative estimate of drug-likeness (QED) is 0.843. The predicted molar refractivity (Wildman–Crippen MR) is 101 cm³/mol. The highest BCUT2D eigenvalue weighted by molar-refractivity contribution is 5.78. The summed E-state index contributed by atoms with van der Waals surface area (Å²) < 4.78 is 16.5. The van der Waals surface area contributed by atoms with Gasteiger partial charge in [0, 0.05) is 31.1 Å². The molecule has 1 heterocycles. The fraction of sp³-hybridized carbons (Fsp3) is 0.667. The van der Waals surface area contributed by atoms with Gasteiger partial charge in [-0.15, -0.1) is 0 Å². The largest absolute Gasteiger partial charge is 0.493 e. The van der Waals surface area contributed by atoms with Gasteiger partial charge in [-0.3, -0.25) is 4.79 Å². The Morgan fingerprint density at radius 2 is 1.81 bits per heavy atom. The average Bonchev–Trinajstić information content (AvgIpc) is 2.72. The molecule has 0 aromatic heterocycles. The first-order valence-electron chi connectivity index (χ1n) is 9.76. The molecule has 0 bridgehead atoms. The van der Waals surface area contributed by atoms with Crippen molar-refractivity contribution < 1.29 is 19.0 Å². The van der Waals surface area contributed by atoms with Gasteiger partial charge >= 0.3 is 0 Å². The lowest BCUT2D eigenvalue weighted by Crippen LogP contribution is -2.46. The topological polar surface area (TPSA) is 56.8 Å². The highest BCUT2D eigenvalue weighted by Gasteiger charge is 2.36. The fourth-order valence-electron chi connectivity index (χ4n) is 4.26. The van der Waals surface area contributed by atoms with Gasteiger partial charge in [-0.25, -0.2) is 0 Å². The van der Waals surface area contributed by atoms with Crippen LogP contribution in [0.15, 0.2) is 18.2 Å². The number of carbonyl (C=O) groups is 1. The van der Waals surface area contributed by atoms with E-state index in [1.807, 2.05) is 6.07 Å². The molecule has 0 spiro atoms. The number of nitrogens with one attached hydrogen (secondary N) is 1. The molecule has 3 rings (SSSR count). The van der Waals surface area contributed by atoms with Crippen LogP contribution in [0.5, 0.6) is 11.5 Å². The molecule has 26 heavy (non-hydrogen) atoms. The summed E-state index contributed by atoms with van der Waals surface area (Å²) in [4.78, 5) is 12.7. The molecule has 2 aliphatic rings. The first-order chi connectivity index (χ1) is 12.7. The minimum Gasteiger partial charge on any atom is -0.493 e. The minimum atomic E-state index is -0.109. The van der Waals surface area contributed by atoms with E-state index in [0.717, 1.165) is 37.2 Å². The van der Waals surface area contributed by atoms with Gasteiger partial charge in [0.15, 0.2) is 11.5 Å². The van der Waals surface area contributed by atoms with Crippen molar-refractivity contribution >= 4 is 5.91 Å². The van der Waals surface area contributed by atoms with Gasteiger partial charge in [-0.1, -0.05) is 25.3 Å². The van der Waals surface area contributed by atoms with Crippen LogP contribution in [0, 0.1) is 5.92 Å². The SMILES string of the molecule is COc1ccc(C2(CNC(=O)C3CCCCC3)CCOCC2)cc1OC. The van der Waals surface area contributed by atoms with E-state index in [1.165, 1.54) is 24.8 Å². The van der Waals surface area contributed by atoms with Crippen molar-refractivity contribution in [2.24, 2.45) is 5.92 Å². The third-order valence-corrected chi connectivity index (χ3v) is 6.02. The van der Waals surface area contributed by atoms with Gasteiger partial charge in [-0.05, 0) is 43.4 Å². The third-order valence-electron chi connectivity index (χ3n) is 6.02. The summed E-state index contributed by atoms with van der Waals surface area (Å²) in [6.07, 6.45) is 7.45. The lowest BCUT2D eigenvalue weighted by atomic mass is 9.73. The Bertz CT molecular complexity index is 604. The molecule has 2 fully saturated rings. The number of hydrogen-bond donors (Lipinski definition) is 1. The van der Waals surface area contributed by atoms with Crippen LogP contribution in [0.1, 0.15) is 50.5 Å². The monoisotopic (exact) mass is 361 g/mol. The molecule has 1 amide bonds. The number of ether oxygens (including phenoxy) is 3. The van der Waals surface area contributed by atoms with Crippen molar-refractivity contribution in [3.05, 3.63) is 23.8 Å². The van der Waals surface area contributed by atoms with E-state index in [9.17, 15) is 4.79 Å². The van der Waals surface area contributed by atoms with E-state index in [2.05, 4.69) is 17.4 Å². The summed E-state index contributed by atoms with van der Waals surface area (Å²) in [7, 11) is 3.30. The van der Waals surface area contributed by atoms with E-state index in [0.29, 0.717) is 19.8 Å². The van der Waals surface area contributed by atoms with Crippen LogP contribution < -0.4 is 14.8 Å². The number of amides is 1. The number of carbonyl (C=O) groups excluding carboxylic acids is 1. The van der Waals surface area contributed by atoms with Crippen molar-refractivity contribution in [3.63, 3.8) is 0 Å². The molecule has 0 radical (unpaired) electrons. The minimum absolute atomic E-state index is 0.109. The molecule has 1 aromatic carbocycles. The van der Waals surface area contributed by atoms with Crippen LogP contribution in [0.25, 0.3) is 0 Å².